The largest absolute Gasteiger partial charge is 0.454 e. The zero-order valence-electron chi connectivity index (χ0n) is 17.9. The minimum absolute atomic E-state index is 0.0820. The summed E-state index contributed by atoms with van der Waals surface area (Å²) < 4.78 is 49.9. The molecule has 1 aliphatic rings. The van der Waals surface area contributed by atoms with Crippen LogP contribution < -0.4 is 14.8 Å². The van der Waals surface area contributed by atoms with Crippen LogP contribution in [0.15, 0.2) is 47.0 Å². The predicted molar refractivity (Wildman–Crippen MR) is 115 cm³/mol. The third kappa shape index (κ3) is 4.86. The molecule has 5 nitrogen and oxygen atoms in total. The van der Waals surface area contributed by atoms with Crippen molar-refractivity contribution in [2.24, 2.45) is 5.41 Å². The Morgan fingerprint density at radius 1 is 1.09 bits per heavy atom. The van der Waals surface area contributed by atoms with Crippen molar-refractivity contribution in [3.05, 3.63) is 58.8 Å². The van der Waals surface area contributed by atoms with E-state index in [-0.39, 0.29) is 22.8 Å². The molecule has 0 unspecified atom stereocenters. The van der Waals surface area contributed by atoms with Gasteiger partial charge >= 0.3 is 6.18 Å². The van der Waals surface area contributed by atoms with Crippen LogP contribution in [0.1, 0.15) is 42.3 Å². The Morgan fingerprint density at radius 2 is 1.78 bits per heavy atom. The number of carbonyl (C=O) groups excluding carboxylic acids is 1. The molecule has 0 atom stereocenters. The molecule has 0 saturated carbocycles. The van der Waals surface area contributed by atoms with Gasteiger partial charge in [-0.1, -0.05) is 20.8 Å². The number of nitrogens with one attached hydrogen (secondary N) is 1. The lowest BCUT2D eigenvalue weighted by atomic mass is 9.86. The van der Waals surface area contributed by atoms with Crippen molar-refractivity contribution in [3.63, 3.8) is 0 Å². The molecule has 32 heavy (non-hydrogen) atoms. The SMILES string of the molecule is CSc1cc(C(F)(F)F)ccc1C(=O)N/C(=C(/C#N)c1ccc2c(c1)OCO2)C(C)(C)C. The molecule has 0 aromatic heterocycles. The number of ether oxygens (including phenoxy) is 2. The van der Waals surface area contributed by atoms with Crippen LogP contribution in [0.4, 0.5) is 13.2 Å². The van der Waals surface area contributed by atoms with E-state index >= 15 is 0 Å². The Bertz CT molecular complexity index is 1130. The number of nitrogens with zero attached hydrogens (tertiary/aromatic N) is 1. The fourth-order valence-electron chi connectivity index (χ4n) is 3.18. The van der Waals surface area contributed by atoms with E-state index in [2.05, 4.69) is 11.4 Å². The molecule has 1 amide bonds. The van der Waals surface area contributed by atoms with Gasteiger partial charge in [0.15, 0.2) is 11.5 Å². The van der Waals surface area contributed by atoms with E-state index in [4.69, 9.17) is 9.47 Å². The fraction of sp³-hybridized carbons (Fsp3) is 0.304. The molecule has 1 heterocycles. The van der Waals surface area contributed by atoms with Crippen LogP contribution >= 0.6 is 11.8 Å². The molecule has 0 saturated heterocycles. The number of benzene rings is 2. The van der Waals surface area contributed by atoms with E-state index < -0.39 is 23.1 Å². The lowest BCUT2D eigenvalue weighted by molar-refractivity contribution is -0.137. The van der Waals surface area contributed by atoms with Crippen LogP contribution in [0.25, 0.3) is 5.57 Å². The van der Waals surface area contributed by atoms with Crippen molar-refractivity contribution in [2.75, 3.05) is 13.0 Å². The zero-order chi connectivity index (χ0) is 23.7. The second-order valence-corrected chi connectivity index (χ2v) is 8.89. The smallest absolute Gasteiger partial charge is 0.416 e. The van der Waals surface area contributed by atoms with Gasteiger partial charge in [-0.3, -0.25) is 4.79 Å². The van der Waals surface area contributed by atoms with E-state index in [0.29, 0.717) is 22.8 Å². The third-order valence-corrected chi connectivity index (χ3v) is 5.56. The van der Waals surface area contributed by atoms with Crippen molar-refractivity contribution in [2.45, 2.75) is 31.8 Å². The molecule has 0 radical (unpaired) electrons. The Kier molecular flexibility index (Phi) is 6.46. The number of hydrogen-bond donors (Lipinski definition) is 1. The van der Waals surface area contributed by atoms with Gasteiger partial charge in [-0.15, -0.1) is 11.8 Å². The van der Waals surface area contributed by atoms with Crippen LogP contribution in [-0.4, -0.2) is 19.0 Å². The molecule has 168 valence electrons. The van der Waals surface area contributed by atoms with Gasteiger partial charge in [-0.2, -0.15) is 18.4 Å². The summed E-state index contributed by atoms with van der Waals surface area (Å²) in [5.41, 5.74) is -0.293. The lowest BCUT2D eigenvalue weighted by Gasteiger charge is -2.26. The summed E-state index contributed by atoms with van der Waals surface area (Å²) in [5.74, 6) is 0.450. The zero-order valence-corrected chi connectivity index (χ0v) is 18.7. The maximum absolute atomic E-state index is 13.1. The van der Waals surface area contributed by atoms with Crippen LogP contribution in [0.3, 0.4) is 0 Å². The number of thioether (sulfide) groups is 1. The highest BCUT2D eigenvalue weighted by Crippen LogP contribution is 2.38. The van der Waals surface area contributed by atoms with Crippen molar-refractivity contribution < 1.29 is 27.4 Å². The average molecular weight is 462 g/mol. The molecule has 1 N–H and O–H groups in total. The summed E-state index contributed by atoms with van der Waals surface area (Å²) in [7, 11) is 0. The van der Waals surface area contributed by atoms with Gasteiger partial charge in [-0.25, -0.2) is 0 Å². The summed E-state index contributed by atoms with van der Waals surface area (Å²) in [4.78, 5) is 13.3. The summed E-state index contributed by atoms with van der Waals surface area (Å²) in [6.45, 7) is 5.57. The first kappa shape index (κ1) is 23.5. The minimum atomic E-state index is -4.51. The molecule has 0 fully saturated rings. The maximum Gasteiger partial charge on any atom is 0.416 e. The Labute approximate surface area is 188 Å². The second kappa shape index (κ2) is 8.79. The van der Waals surface area contributed by atoms with Gasteiger partial charge in [0.05, 0.1) is 16.7 Å². The van der Waals surface area contributed by atoms with Gasteiger partial charge in [0.25, 0.3) is 5.91 Å². The number of hydrogen-bond acceptors (Lipinski definition) is 5. The average Bonchev–Trinajstić information content (AvgIpc) is 3.19. The number of amides is 1. The first-order valence-corrected chi connectivity index (χ1v) is 10.8. The number of carbonyl (C=O) groups is 1. The van der Waals surface area contributed by atoms with Gasteiger partial charge in [0.1, 0.15) is 6.07 Å². The highest BCUT2D eigenvalue weighted by Gasteiger charge is 2.32. The number of halogens is 3. The van der Waals surface area contributed by atoms with Gasteiger partial charge in [0.2, 0.25) is 6.79 Å². The highest BCUT2D eigenvalue weighted by molar-refractivity contribution is 7.98. The fourth-order valence-corrected chi connectivity index (χ4v) is 3.80. The topological polar surface area (TPSA) is 71.4 Å². The summed E-state index contributed by atoms with van der Waals surface area (Å²) in [5, 5.41) is 12.7. The van der Waals surface area contributed by atoms with Crippen molar-refractivity contribution >= 4 is 23.2 Å². The van der Waals surface area contributed by atoms with Crippen molar-refractivity contribution in [3.8, 4) is 17.6 Å². The monoisotopic (exact) mass is 462 g/mol. The van der Waals surface area contributed by atoms with Crippen molar-refractivity contribution in [1.29, 1.82) is 5.26 Å². The number of rotatable bonds is 4. The molecule has 0 bridgehead atoms. The molecular formula is C23H21F3N2O3S. The first-order valence-electron chi connectivity index (χ1n) is 9.57. The molecule has 9 heteroatoms. The minimum Gasteiger partial charge on any atom is -0.454 e. The second-order valence-electron chi connectivity index (χ2n) is 8.05. The van der Waals surface area contributed by atoms with E-state index in [1.807, 2.05) is 20.8 Å². The number of alkyl halides is 3. The molecule has 2 aromatic rings. The molecule has 2 aromatic carbocycles. The number of allylic oxidation sites excluding steroid dienone is 2. The van der Waals surface area contributed by atoms with E-state index in [1.54, 1.807) is 24.5 Å². The van der Waals surface area contributed by atoms with Crippen LogP contribution in [0.5, 0.6) is 11.5 Å². The Morgan fingerprint density at radius 3 is 2.38 bits per heavy atom. The van der Waals surface area contributed by atoms with Gasteiger partial charge in [-0.05, 0) is 48.2 Å². The van der Waals surface area contributed by atoms with E-state index in [0.717, 1.165) is 30.0 Å². The molecule has 0 spiro atoms. The number of fused-ring (bicyclic) bond motifs is 1. The first-order chi connectivity index (χ1) is 15.0. The molecule has 3 rings (SSSR count). The lowest BCUT2D eigenvalue weighted by Crippen LogP contribution is -2.31. The summed E-state index contributed by atoms with van der Waals surface area (Å²) in [6.07, 6.45) is -2.91. The standard InChI is InChI=1S/C23H21F3N2O3S/c1-22(2,3)20(16(11-27)13-5-8-17-18(9-13)31-12-30-17)28-21(29)15-7-6-14(23(24,25)26)10-19(15)32-4/h5-10H,12H2,1-4H3,(H,28,29)/b20-16-. The van der Waals surface area contributed by atoms with Crippen LogP contribution in [-0.2, 0) is 6.18 Å². The predicted octanol–water partition coefficient (Wildman–Crippen LogP) is 5.87. The maximum atomic E-state index is 13.1. The normalized spacial score (nSPS) is 13.9. The summed E-state index contributed by atoms with van der Waals surface area (Å²) in [6, 6.07) is 10.1. The Hall–Kier alpha value is -3.12. The Balaban J connectivity index is 2.04. The highest BCUT2D eigenvalue weighted by atomic mass is 32.2. The van der Waals surface area contributed by atoms with E-state index in [1.165, 1.54) is 0 Å². The van der Waals surface area contributed by atoms with Gasteiger partial charge < -0.3 is 14.8 Å². The van der Waals surface area contributed by atoms with Crippen LogP contribution in [0.2, 0.25) is 0 Å². The van der Waals surface area contributed by atoms with Crippen molar-refractivity contribution in [1.82, 2.24) is 5.32 Å². The summed E-state index contributed by atoms with van der Waals surface area (Å²) >= 11 is 1.04. The molecular weight excluding hydrogens is 441 g/mol. The number of nitriles is 1. The quantitative estimate of drug-likeness (QED) is 0.455. The van der Waals surface area contributed by atoms with Gasteiger partial charge in [0, 0.05) is 16.0 Å². The van der Waals surface area contributed by atoms with Crippen LogP contribution in [0, 0.1) is 16.7 Å². The van der Waals surface area contributed by atoms with E-state index in [9.17, 15) is 23.2 Å². The molecule has 1 aliphatic heterocycles. The molecule has 0 aliphatic carbocycles. The third-order valence-electron chi connectivity index (χ3n) is 4.79.